The van der Waals surface area contributed by atoms with Crippen molar-refractivity contribution in [3.05, 3.63) is 24.0 Å². The van der Waals surface area contributed by atoms with Crippen LogP contribution < -0.4 is 9.46 Å². The molecule has 0 aliphatic carbocycles. The Morgan fingerprint density at radius 2 is 1.96 bits per heavy atom. The molecule has 1 unspecified atom stereocenters. The number of sulfonamides is 1. The first-order chi connectivity index (χ1) is 10.5. The molecule has 10 heteroatoms. The highest BCUT2D eigenvalue weighted by atomic mass is 32.2. The van der Waals surface area contributed by atoms with Gasteiger partial charge >= 0.3 is 12.6 Å². The number of carbonyl (C=O) groups is 1. The Labute approximate surface area is 131 Å². The summed E-state index contributed by atoms with van der Waals surface area (Å²) in [6.45, 7) is 0.160. The van der Waals surface area contributed by atoms with Crippen LogP contribution in [-0.2, 0) is 14.8 Å². The highest BCUT2D eigenvalue weighted by Crippen LogP contribution is 2.23. The van der Waals surface area contributed by atoms with Gasteiger partial charge in [-0.3, -0.25) is 4.79 Å². The minimum absolute atomic E-state index is 0.0314. The van der Waals surface area contributed by atoms with Crippen LogP contribution >= 0.6 is 0 Å². The minimum Gasteiger partial charge on any atom is -0.480 e. The zero-order chi connectivity index (χ0) is 17.8. The van der Waals surface area contributed by atoms with Gasteiger partial charge in [0.05, 0.1) is 4.90 Å². The molecular weight excluding hydrogens is 339 g/mol. The van der Waals surface area contributed by atoms with Crippen LogP contribution in [0.15, 0.2) is 23.1 Å². The van der Waals surface area contributed by atoms with Gasteiger partial charge in [0.15, 0.2) is 11.6 Å². The van der Waals surface area contributed by atoms with Gasteiger partial charge in [0.1, 0.15) is 6.04 Å². The summed E-state index contributed by atoms with van der Waals surface area (Å²) in [4.78, 5) is 10.5. The second kappa shape index (κ2) is 7.64. The molecule has 0 saturated heterocycles. The van der Waals surface area contributed by atoms with Crippen LogP contribution in [0.2, 0.25) is 0 Å². The summed E-state index contributed by atoms with van der Waals surface area (Å²) in [6, 6.07) is 0.667. The average molecular weight is 355 g/mol. The molecule has 1 rings (SSSR count). The van der Waals surface area contributed by atoms with Crippen molar-refractivity contribution in [2.75, 3.05) is 0 Å². The number of ether oxygens (including phenoxy) is 1. The van der Waals surface area contributed by atoms with Crippen molar-refractivity contribution in [2.45, 2.75) is 37.8 Å². The van der Waals surface area contributed by atoms with Crippen LogP contribution in [-0.4, -0.2) is 32.1 Å². The topological polar surface area (TPSA) is 92.7 Å². The van der Waals surface area contributed by atoms with Gasteiger partial charge in [-0.05, 0) is 30.5 Å². The van der Waals surface area contributed by atoms with E-state index in [1.54, 1.807) is 13.8 Å². The second-order valence-electron chi connectivity index (χ2n) is 5.11. The van der Waals surface area contributed by atoms with Gasteiger partial charge < -0.3 is 9.84 Å². The Morgan fingerprint density at radius 1 is 1.35 bits per heavy atom. The third-order valence-electron chi connectivity index (χ3n) is 2.73. The summed E-state index contributed by atoms with van der Waals surface area (Å²) < 4.78 is 67.6. The van der Waals surface area contributed by atoms with E-state index in [9.17, 15) is 26.4 Å². The first-order valence-electron chi connectivity index (χ1n) is 6.52. The number of carboxylic acid groups (broad SMARTS) is 1. The van der Waals surface area contributed by atoms with Crippen LogP contribution in [0.1, 0.15) is 20.3 Å². The van der Waals surface area contributed by atoms with Crippen LogP contribution in [0.25, 0.3) is 0 Å². The fourth-order valence-electron chi connectivity index (χ4n) is 1.77. The van der Waals surface area contributed by atoms with Gasteiger partial charge in [-0.15, -0.1) is 0 Å². The van der Waals surface area contributed by atoms with E-state index in [-0.39, 0.29) is 12.3 Å². The van der Waals surface area contributed by atoms with Gasteiger partial charge in [0.25, 0.3) is 0 Å². The Morgan fingerprint density at radius 3 is 2.39 bits per heavy atom. The summed E-state index contributed by atoms with van der Waals surface area (Å²) >= 11 is 0. The highest BCUT2D eigenvalue weighted by molar-refractivity contribution is 7.89. The molecule has 0 aromatic heterocycles. The molecule has 0 heterocycles. The zero-order valence-corrected chi connectivity index (χ0v) is 13.1. The zero-order valence-electron chi connectivity index (χ0n) is 12.3. The minimum atomic E-state index is -4.33. The van der Waals surface area contributed by atoms with Crippen LogP contribution in [0.4, 0.5) is 13.2 Å². The molecule has 130 valence electrons. The van der Waals surface area contributed by atoms with E-state index in [1.807, 2.05) is 4.72 Å². The van der Waals surface area contributed by atoms with Gasteiger partial charge in [-0.2, -0.15) is 13.5 Å². The smallest absolute Gasteiger partial charge is 0.387 e. The van der Waals surface area contributed by atoms with Gasteiger partial charge in [0, 0.05) is 0 Å². The number of nitrogens with one attached hydrogen (secondary N) is 1. The summed E-state index contributed by atoms with van der Waals surface area (Å²) in [5.41, 5.74) is 0. The third kappa shape index (κ3) is 5.71. The molecule has 0 aliphatic rings. The number of rotatable bonds is 8. The Kier molecular flexibility index (Phi) is 6.39. The number of aliphatic carboxylic acids is 1. The average Bonchev–Trinajstić information content (AvgIpc) is 2.38. The number of hydrogen-bond donors (Lipinski definition) is 2. The van der Waals surface area contributed by atoms with E-state index in [2.05, 4.69) is 4.74 Å². The lowest BCUT2D eigenvalue weighted by atomic mass is 10.1. The Hall–Kier alpha value is -1.81. The predicted molar refractivity (Wildman–Crippen MR) is 74.2 cm³/mol. The first-order valence-corrected chi connectivity index (χ1v) is 8.00. The number of halogens is 3. The van der Waals surface area contributed by atoms with Crippen molar-refractivity contribution in [1.82, 2.24) is 4.72 Å². The van der Waals surface area contributed by atoms with Crippen LogP contribution in [0.5, 0.6) is 5.75 Å². The molecule has 1 aromatic rings. The lowest BCUT2D eigenvalue weighted by Gasteiger charge is -2.17. The van der Waals surface area contributed by atoms with Crippen molar-refractivity contribution in [2.24, 2.45) is 5.92 Å². The molecule has 2 N–H and O–H groups in total. The Bertz CT molecular complexity index is 664. The molecule has 6 nitrogen and oxygen atoms in total. The molecule has 0 radical (unpaired) electrons. The van der Waals surface area contributed by atoms with Crippen molar-refractivity contribution in [3.63, 3.8) is 0 Å². The standard InChI is InChI=1S/C13H16F3NO5S/c1-7(2)5-10(12(18)19)17-23(20,21)8-3-4-11(9(14)6-8)22-13(15)16/h3-4,6-7,10,13,17H,5H2,1-2H3,(H,18,19). The van der Waals surface area contributed by atoms with Crippen LogP contribution in [0, 0.1) is 11.7 Å². The number of alkyl halides is 2. The molecule has 0 saturated carbocycles. The van der Waals surface area contributed by atoms with E-state index in [0.29, 0.717) is 6.07 Å². The van der Waals surface area contributed by atoms with Gasteiger partial charge in [0.2, 0.25) is 10.0 Å². The molecule has 0 bridgehead atoms. The number of benzene rings is 1. The molecule has 0 spiro atoms. The molecule has 1 atom stereocenters. The molecular formula is C13H16F3NO5S. The molecule has 1 aromatic carbocycles. The van der Waals surface area contributed by atoms with E-state index in [0.717, 1.165) is 12.1 Å². The first kappa shape index (κ1) is 19.2. The maximum absolute atomic E-state index is 13.6. The van der Waals surface area contributed by atoms with E-state index in [4.69, 9.17) is 5.11 Å². The van der Waals surface area contributed by atoms with E-state index < -0.39 is 45.1 Å². The van der Waals surface area contributed by atoms with Crippen molar-refractivity contribution < 1.29 is 36.2 Å². The van der Waals surface area contributed by atoms with Crippen molar-refractivity contribution in [1.29, 1.82) is 0 Å². The second-order valence-corrected chi connectivity index (χ2v) is 6.83. The molecule has 0 amide bonds. The molecule has 0 aliphatic heterocycles. The van der Waals surface area contributed by atoms with E-state index in [1.165, 1.54) is 0 Å². The summed E-state index contributed by atoms with van der Waals surface area (Å²) in [7, 11) is -4.33. The van der Waals surface area contributed by atoms with Gasteiger partial charge in [-0.25, -0.2) is 12.8 Å². The fraction of sp³-hybridized carbons (Fsp3) is 0.462. The SMILES string of the molecule is CC(C)CC(NS(=O)(=O)c1ccc(OC(F)F)c(F)c1)C(=O)O. The van der Waals surface area contributed by atoms with Crippen molar-refractivity contribution >= 4 is 16.0 Å². The molecule has 0 fully saturated rings. The normalized spacial score (nSPS) is 13.3. The van der Waals surface area contributed by atoms with Crippen molar-refractivity contribution in [3.8, 4) is 5.75 Å². The van der Waals surface area contributed by atoms with Crippen LogP contribution in [0.3, 0.4) is 0 Å². The van der Waals surface area contributed by atoms with Gasteiger partial charge in [-0.1, -0.05) is 13.8 Å². The largest absolute Gasteiger partial charge is 0.480 e. The maximum atomic E-state index is 13.6. The fourth-order valence-corrected chi connectivity index (χ4v) is 2.98. The summed E-state index contributed by atoms with van der Waals surface area (Å²) in [5.74, 6) is -3.59. The lowest BCUT2D eigenvalue weighted by Crippen LogP contribution is -2.41. The third-order valence-corrected chi connectivity index (χ3v) is 4.20. The quantitative estimate of drug-likeness (QED) is 0.746. The monoisotopic (exact) mass is 355 g/mol. The molecule has 23 heavy (non-hydrogen) atoms. The van der Waals surface area contributed by atoms with E-state index >= 15 is 0 Å². The summed E-state index contributed by atoms with van der Waals surface area (Å²) in [5, 5.41) is 9.03. The lowest BCUT2D eigenvalue weighted by molar-refractivity contribution is -0.139. The maximum Gasteiger partial charge on any atom is 0.387 e. The summed E-state index contributed by atoms with van der Waals surface area (Å²) in [6.07, 6.45) is 0.0314. The predicted octanol–water partition coefficient (Wildman–Crippen LogP) is 2.20. The Balaban J connectivity index is 3.03. The number of carboxylic acids is 1. The highest BCUT2D eigenvalue weighted by Gasteiger charge is 2.27. The number of hydrogen-bond acceptors (Lipinski definition) is 4.